The number of methoxy groups -OCH3 is 1. The van der Waals surface area contributed by atoms with E-state index >= 15 is 0 Å². The number of carbonyl (C=O) groups is 2. The molecule has 24 heavy (non-hydrogen) atoms. The number of anilines is 1. The lowest BCUT2D eigenvalue weighted by atomic mass is 10.1. The lowest BCUT2D eigenvalue weighted by Gasteiger charge is -2.02. The Balaban J connectivity index is 1.82. The molecule has 0 radical (unpaired) electrons. The van der Waals surface area contributed by atoms with Gasteiger partial charge in [-0.15, -0.1) is 22.7 Å². The van der Waals surface area contributed by atoms with E-state index in [0.29, 0.717) is 27.6 Å². The molecule has 0 aliphatic heterocycles. The van der Waals surface area contributed by atoms with Gasteiger partial charge >= 0.3 is 5.97 Å². The average Bonchev–Trinajstić information content (AvgIpc) is 3.27. The molecule has 6 nitrogen and oxygen atoms in total. The molecule has 124 valence electrons. The Hall–Kier alpha value is -2.45. The maximum absolute atomic E-state index is 12.5. The highest BCUT2D eigenvalue weighted by atomic mass is 32.1. The van der Waals surface area contributed by atoms with Gasteiger partial charge in [-0.25, -0.2) is 9.78 Å². The minimum Gasteiger partial charge on any atom is -0.465 e. The first-order chi connectivity index (χ1) is 11.5. The van der Waals surface area contributed by atoms with E-state index in [1.165, 1.54) is 18.4 Å². The van der Waals surface area contributed by atoms with Crippen molar-refractivity contribution in [1.29, 1.82) is 0 Å². The van der Waals surface area contributed by atoms with Crippen molar-refractivity contribution in [2.24, 2.45) is 0 Å². The van der Waals surface area contributed by atoms with Gasteiger partial charge in [0.25, 0.3) is 5.91 Å². The molecule has 0 aliphatic rings. The molecular weight excluding hydrogens is 346 g/mol. The number of carbonyl (C=O) groups excluding carboxylic acids is 2. The number of esters is 1. The second kappa shape index (κ2) is 6.58. The molecule has 1 amide bonds. The highest BCUT2D eigenvalue weighted by Crippen LogP contribution is 2.28. The zero-order chi connectivity index (χ0) is 17.3. The van der Waals surface area contributed by atoms with Crippen molar-refractivity contribution in [2.45, 2.75) is 13.8 Å². The maximum atomic E-state index is 12.5. The third-order valence-electron chi connectivity index (χ3n) is 3.55. The summed E-state index contributed by atoms with van der Waals surface area (Å²) in [6.45, 7) is 3.44. The molecule has 2 N–H and O–H groups in total. The SMILES string of the molecule is COC(=O)c1c(C)[nH]c(C(=O)Nc2nc(-c3cccs3)cs2)c1C. The molecule has 0 unspecified atom stereocenters. The van der Waals surface area contributed by atoms with Gasteiger partial charge in [0.15, 0.2) is 5.13 Å². The van der Waals surface area contributed by atoms with Gasteiger partial charge in [0.1, 0.15) is 5.69 Å². The fourth-order valence-corrected chi connectivity index (χ4v) is 3.88. The summed E-state index contributed by atoms with van der Waals surface area (Å²) in [5.41, 5.74) is 2.72. The number of hydrogen-bond donors (Lipinski definition) is 2. The summed E-state index contributed by atoms with van der Waals surface area (Å²) in [6.07, 6.45) is 0. The summed E-state index contributed by atoms with van der Waals surface area (Å²) in [6, 6.07) is 3.93. The molecule has 3 rings (SSSR count). The van der Waals surface area contributed by atoms with E-state index < -0.39 is 5.97 Å². The van der Waals surface area contributed by atoms with Gasteiger partial charge in [0, 0.05) is 11.1 Å². The van der Waals surface area contributed by atoms with E-state index in [9.17, 15) is 9.59 Å². The number of amides is 1. The minimum atomic E-state index is -0.463. The number of ether oxygens (including phenoxy) is 1. The van der Waals surface area contributed by atoms with Crippen molar-refractivity contribution < 1.29 is 14.3 Å². The highest BCUT2D eigenvalue weighted by Gasteiger charge is 2.23. The first kappa shape index (κ1) is 16.4. The number of nitrogens with one attached hydrogen (secondary N) is 2. The molecule has 0 atom stereocenters. The Morgan fingerprint density at radius 3 is 2.75 bits per heavy atom. The summed E-state index contributed by atoms with van der Waals surface area (Å²) in [4.78, 5) is 32.7. The summed E-state index contributed by atoms with van der Waals surface area (Å²) < 4.78 is 4.75. The second-order valence-electron chi connectivity index (χ2n) is 5.09. The van der Waals surface area contributed by atoms with Gasteiger partial charge in [0.2, 0.25) is 0 Å². The van der Waals surface area contributed by atoms with E-state index in [4.69, 9.17) is 4.74 Å². The smallest absolute Gasteiger partial charge is 0.339 e. The molecule has 0 saturated heterocycles. The molecule has 0 spiro atoms. The molecule has 0 bridgehead atoms. The normalized spacial score (nSPS) is 10.6. The van der Waals surface area contributed by atoms with E-state index in [-0.39, 0.29) is 5.91 Å². The minimum absolute atomic E-state index is 0.334. The Labute approximate surface area is 146 Å². The number of nitrogens with zero attached hydrogens (tertiary/aromatic N) is 1. The molecule has 3 heterocycles. The number of thiophene rings is 1. The van der Waals surface area contributed by atoms with Crippen molar-refractivity contribution in [3.8, 4) is 10.6 Å². The van der Waals surface area contributed by atoms with Crippen LogP contribution in [0.4, 0.5) is 5.13 Å². The van der Waals surface area contributed by atoms with Crippen LogP contribution in [-0.2, 0) is 4.74 Å². The van der Waals surface area contributed by atoms with Gasteiger partial charge in [-0.2, -0.15) is 0 Å². The zero-order valence-electron chi connectivity index (χ0n) is 13.3. The molecule has 0 fully saturated rings. The zero-order valence-corrected chi connectivity index (χ0v) is 14.9. The standard InChI is InChI=1S/C16H15N3O3S2/c1-8-12(15(21)22-3)9(2)17-13(8)14(20)19-16-18-10(7-24-16)11-5-4-6-23-11/h4-7,17H,1-3H3,(H,18,19,20). The molecule has 3 aromatic rings. The van der Waals surface area contributed by atoms with Crippen LogP contribution >= 0.6 is 22.7 Å². The Morgan fingerprint density at radius 2 is 2.08 bits per heavy atom. The van der Waals surface area contributed by atoms with Crippen molar-refractivity contribution in [2.75, 3.05) is 12.4 Å². The summed E-state index contributed by atoms with van der Waals surface area (Å²) in [7, 11) is 1.32. The number of rotatable bonds is 4. The summed E-state index contributed by atoms with van der Waals surface area (Å²) in [5, 5.41) is 7.15. The van der Waals surface area contributed by atoms with Crippen LogP contribution in [0, 0.1) is 13.8 Å². The number of aryl methyl sites for hydroxylation is 1. The molecule has 0 aliphatic carbocycles. The fourth-order valence-electron chi connectivity index (χ4n) is 2.41. The molecule has 0 saturated carbocycles. The van der Waals surface area contributed by atoms with Crippen LogP contribution in [0.1, 0.15) is 32.1 Å². The van der Waals surface area contributed by atoms with Crippen molar-refractivity contribution >= 4 is 39.7 Å². The highest BCUT2D eigenvalue weighted by molar-refractivity contribution is 7.16. The van der Waals surface area contributed by atoms with Gasteiger partial charge in [-0.3, -0.25) is 10.1 Å². The topological polar surface area (TPSA) is 84.1 Å². The molecule has 3 aromatic heterocycles. The van der Waals surface area contributed by atoms with Crippen molar-refractivity contribution in [1.82, 2.24) is 9.97 Å². The van der Waals surface area contributed by atoms with E-state index in [1.54, 1.807) is 25.2 Å². The first-order valence-corrected chi connectivity index (χ1v) is 8.85. The van der Waals surface area contributed by atoms with Gasteiger partial charge in [-0.05, 0) is 30.9 Å². The number of H-pyrrole nitrogens is 1. The van der Waals surface area contributed by atoms with Crippen LogP contribution < -0.4 is 5.32 Å². The predicted octanol–water partition coefficient (Wildman–Crippen LogP) is 3.86. The largest absolute Gasteiger partial charge is 0.465 e. The predicted molar refractivity (Wildman–Crippen MR) is 95.0 cm³/mol. The van der Waals surface area contributed by atoms with Gasteiger partial charge < -0.3 is 9.72 Å². The number of aromatic nitrogens is 2. The summed E-state index contributed by atoms with van der Waals surface area (Å²) >= 11 is 2.95. The number of aromatic amines is 1. The quantitative estimate of drug-likeness (QED) is 0.691. The third kappa shape index (κ3) is 2.98. The maximum Gasteiger partial charge on any atom is 0.339 e. The van der Waals surface area contributed by atoms with Gasteiger partial charge in [0.05, 0.1) is 23.2 Å². The lowest BCUT2D eigenvalue weighted by Crippen LogP contribution is -2.14. The number of thiazole rings is 1. The Bertz CT molecular complexity index is 894. The molecule has 0 aromatic carbocycles. The Kier molecular flexibility index (Phi) is 4.50. The Morgan fingerprint density at radius 1 is 1.29 bits per heavy atom. The lowest BCUT2D eigenvalue weighted by molar-refractivity contribution is 0.0599. The van der Waals surface area contributed by atoms with E-state index in [1.807, 2.05) is 22.9 Å². The van der Waals surface area contributed by atoms with Crippen LogP contribution in [-0.4, -0.2) is 29.0 Å². The fraction of sp³-hybridized carbons (Fsp3) is 0.188. The third-order valence-corrected chi connectivity index (χ3v) is 5.20. The second-order valence-corrected chi connectivity index (χ2v) is 6.89. The van der Waals surface area contributed by atoms with Gasteiger partial charge in [-0.1, -0.05) is 6.07 Å². The first-order valence-electron chi connectivity index (χ1n) is 7.09. The number of hydrogen-bond acceptors (Lipinski definition) is 6. The summed E-state index contributed by atoms with van der Waals surface area (Å²) in [5.74, 6) is -0.799. The van der Waals surface area contributed by atoms with Crippen molar-refractivity contribution in [3.05, 3.63) is 45.4 Å². The monoisotopic (exact) mass is 361 g/mol. The van der Waals surface area contributed by atoms with E-state index in [0.717, 1.165) is 10.6 Å². The molecular formula is C16H15N3O3S2. The van der Waals surface area contributed by atoms with Crippen molar-refractivity contribution in [3.63, 3.8) is 0 Å². The van der Waals surface area contributed by atoms with Crippen LogP contribution in [0.2, 0.25) is 0 Å². The molecule has 8 heteroatoms. The van der Waals surface area contributed by atoms with E-state index in [2.05, 4.69) is 15.3 Å². The van der Waals surface area contributed by atoms with Crippen LogP contribution in [0.15, 0.2) is 22.9 Å². The van der Waals surface area contributed by atoms with Crippen LogP contribution in [0.3, 0.4) is 0 Å². The average molecular weight is 361 g/mol. The van der Waals surface area contributed by atoms with Crippen LogP contribution in [0.5, 0.6) is 0 Å². The van der Waals surface area contributed by atoms with Crippen LogP contribution in [0.25, 0.3) is 10.6 Å².